The van der Waals surface area contributed by atoms with Crippen molar-refractivity contribution in [1.29, 1.82) is 0 Å². The molecule has 1 aliphatic heterocycles. The Morgan fingerprint density at radius 2 is 1.83 bits per heavy atom. The average molecular weight is 444 g/mol. The van der Waals surface area contributed by atoms with Gasteiger partial charge in [-0.2, -0.15) is 0 Å². The van der Waals surface area contributed by atoms with Crippen molar-refractivity contribution in [1.82, 2.24) is 0 Å². The molecule has 0 saturated carbocycles. The van der Waals surface area contributed by atoms with Crippen LogP contribution in [0.2, 0.25) is 5.02 Å². The minimum atomic E-state index is -3.78. The van der Waals surface area contributed by atoms with Crippen LogP contribution in [0, 0.1) is 5.82 Å². The van der Waals surface area contributed by atoms with Crippen LogP contribution in [0.5, 0.6) is 0 Å². The van der Waals surface area contributed by atoms with Crippen molar-refractivity contribution in [3.8, 4) is 0 Å². The Morgan fingerprint density at radius 1 is 1.07 bits per heavy atom. The number of hydrogen-bond donors (Lipinski definition) is 1. The summed E-state index contributed by atoms with van der Waals surface area (Å²) in [6.07, 6.45) is 0.837. The molecule has 0 amide bonds. The summed E-state index contributed by atoms with van der Waals surface area (Å²) in [5, 5.41) is 4.27. The minimum absolute atomic E-state index is 0.0322. The Hall–Kier alpha value is -2.37. The zero-order valence-electron chi connectivity index (χ0n) is 16.8. The van der Waals surface area contributed by atoms with Crippen molar-refractivity contribution >= 4 is 27.1 Å². The predicted molar refractivity (Wildman–Crippen MR) is 119 cm³/mol. The number of fused-ring (bicyclic) bond motifs is 1. The lowest BCUT2D eigenvalue weighted by Crippen LogP contribution is -2.31. The Morgan fingerprint density at radius 3 is 2.60 bits per heavy atom. The second-order valence-electron chi connectivity index (χ2n) is 8.41. The van der Waals surface area contributed by atoms with E-state index in [0.29, 0.717) is 10.6 Å². The molecular formula is C24H23ClFNO2S. The second kappa shape index (κ2) is 7.71. The number of rotatable bonds is 4. The SMILES string of the molecule is CC1(C)CC(c2cccc(CS(=O)(=O)c3ccccc3F)c2)Nc2ccc(Cl)cc21. The van der Waals surface area contributed by atoms with E-state index < -0.39 is 15.7 Å². The minimum Gasteiger partial charge on any atom is -0.378 e. The number of halogens is 2. The zero-order chi connectivity index (χ0) is 21.5. The van der Waals surface area contributed by atoms with Gasteiger partial charge in [0.2, 0.25) is 0 Å². The van der Waals surface area contributed by atoms with Gasteiger partial charge in [-0.3, -0.25) is 0 Å². The number of hydrogen-bond acceptors (Lipinski definition) is 3. The van der Waals surface area contributed by atoms with Gasteiger partial charge in [0.15, 0.2) is 9.84 Å². The van der Waals surface area contributed by atoms with Crippen molar-refractivity contribution in [3.05, 3.63) is 94.3 Å². The lowest BCUT2D eigenvalue weighted by molar-refractivity contribution is 0.427. The van der Waals surface area contributed by atoms with E-state index >= 15 is 0 Å². The van der Waals surface area contributed by atoms with Crippen molar-refractivity contribution < 1.29 is 12.8 Å². The largest absolute Gasteiger partial charge is 0.378 e. The average Bonchev–Trinajstić information content (AvgIpc) is 2.68. The third kappa shape index (κ3) is 4.09. The number of benzene rings is 3. The Labute approximate surface area is 181 Å². The molecule has 4 rings (SSSR count). The Kier molecular flexibility index (Phi) is 5.37. The third-order valence-corrected chi connectivity index (χ3v) is 7.59. The van der Waals surface area contributed by atoms with Gasteiger partial charge in [0.25, 0.3) is 0 Å². The molecule has 6 heteroatoms. The lowest BCUT2D eigenvalue weighted by Gasteiger charge is -2.39. The number of nitrogens with one attached hydrogen (secondary N) is 1. The molecule has 0 saturated heterocycles. The van der Waals surface area contributed by atoms with Gasteiger partial charge in [-0.15, -0.1) is 0 Å². The quantitative estimate of drug-likeness (QED) is 0.515. The van der Waals surface area contributed by atoms with Crippen LogP contribution in [0.3, 0.4) is 0 Å². The normalized spacial score (nSPS) is 17.8. The third-order valence-electron chi connectivity index (χ3n) is 5.64. The molecular weight excluding hydrogens is 421 g/mol. The predicted octanol–water partition coefficient (Wildman–Crippen LogP) is 6.29. The standard InChI is InChI=1S/C24H23ClFNO2S/c1-24(2)14-22(27-21-11-10-18(25)13-19(21)24)17-7-5-6-16(12-17)15-30(28,29)23-9-4-3-8-20(23)26/h3-13,22,27H,14-15H2,1-2H3. The zero-order valence-corrected chi connectivity index (χ0v) is 18.4. The number of anilines is 1. The maximum absolute atomic E-state index is 14.0. The highest BCUT2D eigenvalue weighted by Gasteiger charge is 2.33. The van der Waals surface area contributed by atoms with Crippen molar-refractivity contribution in [2.45, 2.75) is 42.4 Å². The summed E-state index contributed by atoms with van der Waals surface area (Å²) in [5.41, 5.74) is 3.75. The van der Waals surface area contributed by atoms with Gasteiger partial charge >= 0.3 is 0 Å². The molecule has 1 heterocycles. The summed E-state index contributed by atoms with van der Waals surface area (Å²) in [4.78, 5) is -0.266. The second-order valence-corrected chi connectivity index (χ2v) is 10.8. The fraction of sp³-hybridized carbons (Fsp3) is 0.250. The van der Waals surface area contributed by atoms with Crippen LogP contribution in [-0.2, 0) is 21.0 Å². The van der Waals surface area contributed by atoms with Crippen LogP contribution in [0.25, 0.3) is 0 Å². The van der Waals surface area contributed by atoms with E-state index in [-0.39, 0.29) is 22.1 Å². The van der Waals surface area contributed by atoms with Gasteiger partial charge < -0.3 is 5.32 Å². The number of sulfone groups is 1. The molecule has 0 aromatic heterocycles. The maximum Gasteiger partial charge on any atom is 0.185 e. The summed E-state index contributed by atoms with van der Waals surface area (Å²) >= 11 is 6.19. The van der Waals surface area contributed by atoms with E-state index in [9.17, 15) is 12.8 Å². The monoisotopic (exact) mass is 443 g/mol. The van der Waals surface area contributed by atoms with Crippen LogP contribution in [0.4, 0.5) is 10.1 Å². The first-order chi connectivity index (χ1) is 14.2. The highest BCUT2D eigenvalue weighted by Crippen LogP contribution is 2.44. The van der Waals surface area contributed by atoms with Gasteiger partial charge in [0.1, 0.15) is 10.7 Å². The molecule has 1 atom stereocenters. The summed E-state index contributed by atoms with van der Waals surface area (Å²) in [6, 6.07) is 18.9. The topological polar surface area (TPSA) is 46.2 Å². The highest BCUT2D eigenvalue weighted by molar-refractivity contribution is 7.90. The smallest absolute Gasteiger partial charge is 0.185 e. The summed E-state index contributed by atoms with van der Waals surface area (Å²) in [6.45, 7) is 4.37. The maximum atomic E-state index is 14.0. The van der Waals surface area contributed by atoms with Gasteiger partial charge in [0.05, 0.1) is 11.8 Å². The van der Waals surface area contributed by atoms with E-state index in [2.05, 4.69) is 19.2 Å². The highest BCUT2D eigenvalue weighted by atomic mass is 35.5. The molecule has 1 aliphatic rings. The molecule has 0 radical (unpaired) electrons. The van der Waals surface area contributed by atoms with Gasteiger partial charge in [-0.05, 0) is 58.9 Å². The van der Waals surface area contributed by atoms with Crippen LogP contribution >= 0.6 is 11.6 Å². The van der Waals surface area contributed by atoms with E-state index in [1.54, 1.807) is 6.07 Å². The van der Waals surface area contributed by atoms with E-state index in [4.69, 9.17) is 11.6 Å². The van der Waals surface area contributed by atoms with Gasteiger partial charge in [0, 0.05) is 10.7 Å². The molecule has 1 unspecified atom stereocenters. The fourth-order valence-electron chi connectivity index (χ4n) is 4.16. The van der Waals surface area contributed by atoms with Crippen LogP contribution in [0.1, 0.15) is 43.0 Å². The molecule has 156 valence electrons. The van der Waals surface area contributed by atoms with E-state index in [0.717, 1.165) is 17.7 Å². The van der Waals surface area contributed by atoms with Crippen molar-refractivity contribution in [2.75, 3.05) is 5.32 Å². The van der Waals surface area contributed by atoms with E-state index in [1.807, 2.05) is 36.4 Å². The Balaban J connectivity index is 1.63. The molecule has 30 heavy (non-hydrogen) atoms. The summed E-state index contributed by atoms with van der Waals surface area (Å²) in [5.74, 6) is -0.969. The van der Waals surface area contributed by atoms with E-state index in [1.165, 1.54) is 29.8 Å². The van der Waals surface area contributed by atoms with Crippen LogP contribution in [-0.4, -0.2) is 8.42 Å². The molecule has 0 fully saturated rings. The molecule has 3 nitrogen and oxygen atoms in total. The van der Waals surface area contributed by atoms with Crippen LogP contribution in [0.15, 0.2) is 71.6 Å². The molecule has 3 aromatic carbocycles. The molecule has 0 spiro atoms. The Bertz CT molecular complexity index is 1210. The lowest BCUT2D eigenvalue weighted by atomic mass is 9.74. The molecule has 0 bridgehead atoms. The van der Waals surface area contributed by atoms with Crippen molar-refractivity contribution in [2.24, 2.45) is 0 Å². The first-order valence-electron chi connectivity index (χ1n) is 9.78. The van der Waals surface area contributed by atoms with Gasteiger partial charge in [-0.1, -0.05) is 61.8 Å². The van der Waals surface area contributed by atoms with Crippen molar-refractivity contribution in [3.63, 3.8) is 0 Å². The summed E-state index contributed by atoms with van der Waals surface area (Å²) < 4.78 is 39.5. The molecule has 3 aromatic rings. The fourth-order valence-corrected chi connectivity index (χ4v) is 5.75. The van der Waals surface area contributed by atoms with Gasteiger partial charge in [-0.25, -0.2) is 12.8 Å². The molecule has 1 N–H and O–H groups in total. The first-order valence-corrected chi connectivity index (χ1v) is 11.8. The van der Waals surface area contributed by atoms with Crippen LogP contribution < -0.4 is 5.32 Å². The first kappa shape index (κ1) is 20.9. The summed E-state index contributed by atoms with van der Waals surface area (Å²) in [7, 11) is -3.78. The molecule has 0 aliphatic carbocycles.